The summed E-state index contributed by atoms with van der Waals surface area (Å²) in [5.41, 5.74) is 1.17. The van der Waals surface area contributed by atoms with E-state index < -0.39 is 0 Å². The number of nitrogens with one attached hydrogen (secondary N) is 3. The molecular weight excluding hydrogens is 458 g/mol. The summed E-state index contributed by atoms with van der Waals surface area (Å²) in [6.45, 7) is 2.01. The molecule has 0 radical (unpaired) electrons. The summed E-state index contributed by atoms with van der Waals surface area (Å²) in [7, 11) is 1.56. The summed E-state index contributed by atoms with van der Waals surface area (Å²) in [6, 6.07) is 7.66. The van der Waals surface area contributed by atoms with Gasteiger partial charge in [0.1, 0.15) is 29.6 Å². The molecule has 0 bridgehead atoms. The van der Waals surface area contributed by atoms with Crippen molar-refractivity contribution >= 4 is 23.3 Å². The molecule has 2 aromatic heterocycles. The van der Waals surface area contributed by atoms with Gasteiger partial charge in [0.25, 0.3) is 5.91 Å². The molecule has 1 aliphatic heterocycles. The molecule has 3 aromatic rings. The molecule has 1 saturated heterocycles. The minimum absolute atomic E-state index is 0.179. The number of carbonyl (C=O) groups is 1. The van der Waals surface area contributed by atoms with Gasteiger partial charge >= 0.3 is 6.01 Å². The highest BCUT2D eigenvalue weighted by Gasteiger charge is 2.18. The van der Waals surface area contributed by atoms with Gasteiger partial charge in [-0.2, -0.15) is 4.98 Å². The second-order valence-electron chi connectivity index (χ2n) is 7.69. The van der Waals surface area contributed by atoms with Crippen LogP contribution < -0.4 is 25.4 Å². The number of anilines is 1. The fourth-order valence-electron chi connectivity index (χ4n) is 3.49. The van der Waals surface area contributed by atoms with Crippen LogP contribution in [-0.4, -0.2) is 52.1 Å². The molecule has 0 unspecified atom stereocenters. The second kappa shape index (κ2) is 11.6. The van der Waals surface area contributed by atoms with E-state index >= 15 is 0 Å². The maximum absolute atomic E-state index is 12.9. The Morgan fingerprint density at radius 1 is 1.24 bits per heavy atom. The number of carbonyl (C=O) groups excluding carboxylic acids is 1. The van der Waals surface area contributed by atoms with Crippen molar-refractivity contribution in [3.63, 3.8) is 0 Å². The maximum Gasteiger partial charge on any atom is 0.318 e. The zero-order chi connectivity index (χ0) is 23.8. The van der Waals surface area contributed by atoms with Crippen LogP contribution >= 0.6 is 11.6 Å². The average Bonchev–Trinajstić information content (AvgIpc) is 3.39. The van der Waals surface area contributed by atoms with Gasteiger partial charge in [0.2, 0.25) is 0 Å². The van der Waals surface area contributed by atoms with Crippen molar-refractivity contribution in [3.8, 4) is 11.8 Å². The lowest BCUT2D eigenvalue weighted by molar-refractivity contribution is 0.0949. The second-order valence-corrected chi connectivity index (χ2v) is 8.10. The van der Waals surface area contributed by atoms with Gasteiger partial charge in [-0.05, 0) is 43.1 Å². The molecule has 3 heterocycles. The monoisotopic (exact) mass is 483 g/mol. The van der Waals surface area contributed by atoms with Crippen molar-refractivity contribution in [2.24, 2.45) is 0 Å². The van der Waals surface area contributed by atoms with Gasteiger partial charge in [-0.25, -0.2) is 15.0 Å². The van der Waals surface area contributed by atoms with E-state index in [1.165, 1.54) is 6.20 Å². The van der Waals surface area contributed by atoms with Crippen LogP contribution in [0.5, 0.6) is 11.8 Å². The Balaban J connectivity index is 1.48. The molecular formula is C23H26ClN7O3. The van der Waals surface area contributed by atoms with Crippen molar-refractivity contribution in [1.82, 2.24) is 30.6 Å². The summed E-state index contributed by atoms with van der Waals surface area (Å²) in [5, 5.41) is 9.87. The normalized spacial score (nSPS) is 15.1. The highest BCUT2D eigenvalue weighted by molar-refractivity contribution is 6.32. The van der Waals surface area contributed by atoms with Crippen LogP contribution in [0.25, 0.3) is 0 Å². The van der Waals surface area contributed by atoms with Crippen LogP contribution in [0.15, 0.2) is 42.9 Å². The lowest BCUT2D eigenvalue weighted by Crippen LogP contribution is -2.29. The van der Waals surface area contributed by atoms with Gasteiger partial charge in [0, 0.05) is 31.2 Å². The molecule has 1 atom stereocenters. The minimum atomic E-state index is -0.355. The van der Waals surface area contributed by atoms with Crippen LogP contribution in [0.1, 0.15) is 34.6 Å². The molecule has 10 nitrogen and oxygen atoms in total. The molecule has 1 fully saturated rings. The molecule has 178 valence electrons. The van der Waals surface area contributed by atoms with Gasteiger partial charge in [-0.1, -0.05) is 17.7 Å². The summed E-state index contributed by atoms with van der Waals surface area (Å²) in [6.07, 6.45) is 6.86. The molecule has 0 saturated carbocycles. The number of amides is 1. The van der Waals surface area contributed by atoms with E-state index in [0.717, 1.165) is 24.9 Å². The quantitative estimate of drug-likeness (QED) is 0.399. The number of hydrogen-bond acceptors (Lipinski definition) is 9. The van der Waals surface area contributed by atoms with Crippen molar-refractivity contribution < 1.29 is 14.3 Å². The Kier molecular flexibility index (Phi) is 8.05. The maximum atomic E-state index is 12.9. The zero-order valence-electron chi connectivity index (χ0n) is 18.8. The Hall–Kier alpha value is -3.50. The Morgan fingerprint density at radius 3 is 2.82 bits per heavy atom. The molecule has 1 amide bonds. The first kappa shape index (κ1) is 23.7. The van der Waals surface area contributed by atoms with Crippen molar-refractivity contribution in [2.45, 2.75) is 32.0 Å². The number of ether oxygens (including phenoxy) is 2. The number of rotatable bonds is 10. The first-order chi connectivity index (χ1) is 16.6. The standard InChI is InChI=1S/C23H26ClN7O3/c1-33-19-6-5-15(10-18(19)24)11-28-21-17(22(32)29-13-20-26-8-3-9-27-20)12-30-23(31-21)34-14-16-4-2-7-25-16/h3,5-6,8-10,12,16,25H,2,4,7,11,13-14H2,1H3,(H,29,32)(H,28,30,31)/t16-/m0/s1. The Labute approximate surface area is 202 Å². The predicted molar refractivity (Wildman–Crippen MR) is 127 cm³/mol. The van der Waals surface area contributed by atoms with Crippen molar-refractivity contribution in [2.75, 3.05) is 25.6 Å². The van der Waals surface area contributed by atoms with Crippen LogP contribution in [-0.2, 0) is 13.1 Å². The van der Waals surface area contributed by atoms with E-state index in [4.69, 9.17) is 21.1 Å². The molecule has 34 heavy (non-hydrogen) atoms. The highest BCUT2D eigenvalue weighted by Crippen LogP contribution is 2.25. The molecule has 4 rings (SSSR count). The van der Waals surface area contributed by atoms with E-state index in [-0.39, 0.29) is 30.1 Å². The van der Waals surface area contributed by atoms with Crippen LogP contribution in [0.3, 0.4) is 0 Å². The SMILES string of the molecule is COc1ccc(CNc2nc(OC[C@@H]3CCCN3)ncc2C(=O)NCc2ncccn2)cc1Cl. The van der Waals surface area contributed by atoms with Gasteiger partial charge < -0.3 is 25.4 Å². The fraction of sp³-hybridized carbons (Fsp3) is 0.348. The number of aromatic nitrogens is 4. The van der Waals surface area contributed by atoms with Gasteiger partial charge in [0.15, 0.2) is 0 Å². The topological polar surface area (TPSA) is 123 Å². The summed E-state index contributed by atoms with van der Waals surface area (Å²) >= 11 is 6.24. The number of benzene rings is 1. The summed E-state index contributed by atoms with van der Waals surface area (Å²) in [5.74, 6) is 1.09. The summed E-state index contributed by atoms with van der Waals surface area (Å²) < 4.78 is 11.0. The van der Waals surface area contributed by atoms with Crippen LogP contribution in [0.4, 0.5) is 5.82 Å². The third-order valence-electron chi connectivity index (χ3n) is 5.29. The Bertz CT molecular complexity index is 1110. The van der Waals surface area contributed by atoms with Crippen molar-refractivity contribution in [3.05, 3.63) is 64.8 Å². The minimum Gasteiger partial charge on any atom is -0.495 e. The molecule has 3 N–H and O–H groups in total. The van der Waals surface area contributed by atoms with Crippen molar-refractivity contribution in [1.29, 1.82) is 0 Å². The zero-order valence-corrected chi connectivity index (χ0v) is 19.5. The smallest absolute Gasteiger partial charge is 0.318 e. The third-order valence-corrected chi connectivity index (χ3v) is 5.59. The number of halogens is 1. The van der Waals surface area contributed by atoms with Gasteiger partial charge in [-0.3, -0.25) is 4.79 Å². The predicted octanol–water partition coefficient (Wildman–Crippen LogP) is 2.60. The average molecular weight is 484 g/mol. The molecule has 1 aliphatic rings. The fourth-order valence-corrected chi connectivity index (χ4v) is 3.77. The molecule has 0 spiro atoms. The number of nitrogens with zero attached hydrogens (tertiary/aromatic N) is 4. The molecule has 0 aliphatic carbocycles. The summed E-state index contributed by atoms with van der Waals surface area (Å²) in [4.78, 5) is 29.8. The lowest BCUT2D eigenvalue weighted by Gasteiger charge is -2.14. The van der Waals surface area contributed by atoms with E-state index in [1.54, 1.807) is 37.7 Å². The first-order valence-electron chi connectivity index (χ1n) is 11.0. The largest absolute Gasteiger partial charge is 0.495 e. The highest BCUT2D eigenvalue weighted by atomic mass is 35.5. The number of methoxy groups -OCH3 is 1. The van der Waals surface area contributed by atoms with E-state index in [9.17, 15) is 4.79 Å². The number of hydrogen-bond donors (Lipinski definition) is 3. The van der Waals surface area contributed by atoms with Crippen LogP contribution in [0, 0.1) is 0 Å². The van der Waals surface area contributed by atoms with Gasteiger partial charge in [-0.15, -0.1) is 0 Å². The van der Waals surface area contributed by atoms with E-state index in [1.807, 2.05) is 6.07 Å². The molecule has 1 aromatic carbocycles. The lowest BCUT2D eigenvalue weighted by atomic mass is 10.2. The molecule has 11 heteroatoms. The third kappa shape index (κ3) is 6.30. The Morgan fingerprint density at radius 2 is 2.09 bits per heavy atom. The van der Waals surface area contributed by atoms with Gasteiger partial charge in [0.05, 0.1) is 18.7 Å². The van der Waals surface area contributed by atoms with E-state index in [2.05, 4.69) is 35.9 Å². The van der Waals surface area contributed by atoms with Crippen LogP contribution in [0.2, 0.25) is 5.02 Å². The van der Waals surface area contributed by atoms with E-state index in [0.29, 0.717) is 35.6 Å². The first-order valence-corrected chi connectivity index (χ1v) is 11.3.